The average Bonchev–Trinajstić information content (AvgIpc) is 2.55. The largest absolute Gasteiger partial charge is 0.495 e. The predicted octanol–water partition coefficient (Wildman–Crippen LogP) is 3.27. The number of carbonyl (C=O) groups is 2. The van der Waals surface area contributed by atoms with E-state index >= 15 is 0 Å². The summed E-state index contributed by atoms with van der Waals surface area (Å²) in [6, 6.07) is 3.46. The Balaban J connectivity index is 2.22. The molecule has 6 heteroatoms. The van der Waals surface area contributed by atoms with Crippen molar-refractivity contribution in [2.45, 2.75) is 33.6 Å². The van der Waals surface area contributed by atoms with Gasteiger partial charge in [-0.15, -0.1) is 0 Å². The second-order valence-corrected chi connectivity index (χ2v) is 6.85. The molecule has 0 unspecified atom stereocenters. The van der Waals surface area contributed by atoms with Crippen LogP contribution in [-0.4, -0.2) is 43.5 Å². The summed E-state index contributed by atoms with van der Waals surface area (Å²) >= 11 is 6.13. The summed E-state index contributed by atoms with van der Waals surface area (Å²) in [5.74, 6) is 0.901. The van der Waals surface area contributed by atoms with Gasteiger partial charge in [-0.1, -0.05) is 18.5 Å². The monoisotopic (exact) mass is 352 g/mol. The third-order valence-corrected chi connectivity index (χ3v) is 4.97. The molecule has 2 amide bonds. The van der Waals surface area contributed by atoms with Crippen molar-refractivity contribution in [3.8, 4) is 5.75 Å². The fourth-order valence-electron chi connectivity index (χ4n) is 2.88. The zero-order valence-electron chi connectivity index (χ0n) is 14.8. The molecule has 1 aliphatic rings. The molecule has 1 heterocycles. The van der Waals surface area contributed by atoms with E-state index in [1.807, 2.05) is 11.8 Å². The van der Waals surface area contributed by atoms with Crippen molar-refractivity contribution in [2.75, 3.05) is 31.6 Å². The standard InChI is InChI=1S/C18H25ClN2O3/c1-12-5-7-20(8-6-12)18(23)11-21(14(3)22)16-9-13(2)15(19)10-17(16)24-4/h9-10,12H,5-8,11H2,1-4H3. The van der Waals surface area contributed by atoms with Crippen molar-refractivity contribution >= 4 is 29.1 Å². The summed E-state index contributed by atoms with van der Waals surface area (Å²) < 4.78 is 5.35. The lowest BCUT2D eigenvalue weighted by molar-refractivity contribution is -0.132. The summed E-state index contributed by atoms with van der Waals surface area (Å²) in [5, 5.41) is 0.565. The molecule has 0 spiro atoms. The first-order valence-electron chi connectivity index (χ1n) is 8.23. The minimum absolute atomic E-state index is 0.0150. The molecule has 1 fully saturated rings. The van der Waals surface area contributed by atoms with Gasteiger partial charge >= 0.3 is 0 Å². The van der Waals surface area contributed by atoms with Crippen LogP contribution >= 0.6 is 11.6 Å². The zero-order valence-corrected chi connectivity index (χ0v) is 15.5. The molecule has 2 rings (SSSR count). The molecule has 1 aliphatic heterocycles. The van der Waals surface area contributed by atoms with Gasteiger partial charge in [-0.05, 0) is 37.3 Å². The molecule has 24 heavy (non-hydrogen) atoms. The van der Waals surface area contributed by atoms with Gasteiger partial charge in [0, 0.05) is 31.1 Å². The number of amides is 2. The van der Waals surface area contributed by atoms with Crippen LogP contribution in [0.3, 0.4) is 0 Å². The fraction of sp³-hybridized carbons (Fsp3) is 0.556. The van der Waals surface area contributed by atoms with Crippen molar-refractivity contribution in [3.63, 3.8) is 0 Å². The van der Waals surface area contributed by atoms with Gasteiger partial charge in [-0.2, -0.15) is 0 Å². The lowest BCUT2D eigenvalue weighted by atomic mass is 9.99. The summed E-state index contributed by atoms with van der Waals surface area (Å²) in [4.78, 5) is 28.1. The number of ether oxygens (including phenoxy) is 1. The second kappa shape index (κ2) is 7.88. The Kier molecular flexibility index (Phi) is 6.10. The summed E-state index contributed by atoms with van der Waals surface area (Å²) in [6.45, 7) is 7.03. The molecule has 0 radical (unpaired) electrons. The number of methoxy groups -OCH3 is 1. The number of hydrogen-bond acceptors (Lipinski definition) is 3. The highest BCUT2D eigenvalue weighted by atomic mass is 35.5. The van der Waals surface area contributed by atoms with Crippen molar-refractivity contribution in [1.29, 1.82) is 0 Å². The summed E-state index contributed by atoms with van der Waals surface area (Å²) in [5.41, 5.74) is 1.41. The van der Waals surface area contributed by atoms with Gasteiger partial charge in [0.1, 0.15) is 12.3 Å². The van der Waals surface area contributed by atoms with Gasteiger partial charge in [0.2, 0.25) is 11.8 Å². The molecule has 0 aromatic heterocycles. The van der Waals surface area contributed by atoms with Crippen LogP contribution in [0.4, 0.5) is 5.69 Å². The normalized spacial score (nSPS) is 15.3. The Morgan fingerprint density at radius 2 is 1.96 bits per heavy atom. The van der Waals surface area contributed by atoms with Crippen LogP contribution in [0, 0.1) is 12.8 Å². The van der Waals surface area contributed by atoms with E-state index in [1.54, 1.807) is 12.1 Å². The first-order chi connectivity index (χ1) is 11.3. The third kappa shape index (κ3) is 4.20. The van der Waals surface area contributed by atoms with Crippen LogP contribution in [0.2, 0.25) is 5.02 Å². The number of anilines is 1. The number of likely N-dealkylation sites (tertiary alicyclic amines) is 1. The average molecular weight is 353 g/mol. The minimum atomic E-state index is -0.200. The number of halogens is 1. The van der Waals surface area contributed by atoms with Crippen LogP contribution in [0.15, 0.2) is 12.1 Å². The fourth-order valence-corrected chi connectivity index (χ4v) is 3.04. The van der Waals surface area contributed by atoms with Crippen LogP contribution in [0.25, 0.3) is 0 Å². The molecule has 0 N–H and O–H groups in total. The van der Waals surface area contributed by atoms with Crippen LogP contribution in [0.1, 0.15) is 32.3 Å². The SMILES string of the molecule is COc1cc(Cl)c(C)cc1N(CC(=O)N1CCC(C)CC1)C(C)=O. The number of rotatable bonds is 4. The van der Waals surface area contributed by atoms with Gasteiger partial charge < -0.3 is 9.64 Å². The first-order valence-corrected chi connectivity index (χ1v) is 8.61. The molecule has 5 nitrogen and oxygen atoms in total. The molecule has 132 valence electrons. The highest BCUT2D eigenvalue weighted by Gasteiger charge is 2.25. The molecule has 1 aromatic carbocycles. The number of hydrogen-bond donors (Lipinski definition) is 0. The van der Waals surface area contributed by atoms with E-state index < -0.39 is 0 Å². The predicted molar refractivity (Wildman–Crippen MR) is 95.7 cm³/mol. The Labute approximate surface area is 148 Å². The number of benzene rings is 1. The smallest absolute Gasteiger partial charge is 0.242 e. The van der Waals surface area contributed by atoms with E-state index in [0.29, 0.717) is 22.4 Å². The maximum atomic E-state index is 12.6. The summed E-state index contributed by atoms with van der Waals surface area (Å²) in [6.07, 6.45) is 2.02. The van der Waals surface area contributed by atoms with Crippen molar-refractivity contribution in [2.24, 2.45) is 5.92 Å². The van der Waals surface area contributed by atoms with Crippen LogP contribution < -0.4 is 9.64 Å². The molecule has 1 aromatic rings. The maximum Gasteiger partial charge on any atom is 0.242 e. The molecule has 1 saturated heterocycles. The van der Waals surface area contributed by atoms with Crippen molar-refractivity contribution < 1.29 is 14.3 Å². The quantitative estimate of drug-likeness (QED) is 0.835. The van der Waals surface area contributed by atoms with Crippen LogP contribution in [-0.2, 0) is 9.59 Å². The minimum Gasteiger partial charge on any atom is -0.495 e. The Morgan fingerprint density at radius 3 is 2.50 bits per heavy atom. The van der Waals surface area contributed by atoms with E-state index in [-0.39, 0.29) is 18.4 Å². The number of carbonyl (C=O) groups excluding carboxylic acids is 2. The topological polar surface area (TPSA) is 49.9 Å². The maximum absolute atomic E-state index is 12.6. The number of aryl methyl sites for hydroxylation is 1. The second-order valence-electron chi connectivity index (χ2n) is 6.44. The molecule has 0 bridgehead atoms. The van der Waals surface area contributed by atoms with Crippen molar-refractivity contribution in [1.82, 2.24) is 4.90 Å². The number of nitrogens with zero attached hydrogens (tertiary/aromatic N) is 2. The van der Waals surface area contributed by atoms with Gasteiger partial charge in [0.05, 0.1) is 12.8 Å². The van der Waals surface area contributed by atoms with E-state index in [4.69, 9.17) is 16.3 Å². The van der Waals surface area contributed by atoms with Gasteiger partial charge in [-0.3, -0.25) is 14.5 Å². The highest BCUT2D eigenvalue weighted by molar-refractivity contribution is 6.31. The molecule has 0 saturated carbocycles. The van der Waals surface area contributed by atoms with E-state index in [0.717, 1.165) is 31.5 Å². The highest BCUT2D eigenvalue weighted by Crippen LogP contribution is 2.34. The first kappa shape index (κ1) is 18.6. The van der Waals surface area contributed by atoms with Gasteiger partial charge in [0.15, 0.2) is 0 Å². The number of piperidine rings is 1. The molecular formula is C18H25ClN2O3. The van der Waals surface area contributed by atoms with E-state index in [2.05, 4.69) is 6.92 Å². The Morgan fingerprint density at radius 1 is 1.33 bits per heavy atom. The van der Waals surface area contributed by atoms with Crippen molar-refractivity contribution in [3.05, 3.63) is 22.7 Å². The van der Waals surface area contributed by atoms with E-state index in [9.17, 15) is 9.59 Å². The Hall–Kier alpha value is -1.75. The van der Waals surface area contributed by atoms with Crippen LogP contribution in [0.5, 0.6) is 5.75 Å². The Bertz CT molecular complexity index is 625. The van der Waals surface area contributed by atoms with Gasteiger partial charge in [-0.25, -0.2) is 0 Å². The molecule has 0 aliphatic carbocycles. The molecular weight excluding hydrogens is 328 g/mol. The van der Waals surface area contributed by atoms with E-state index in [1.165, 1.54) is 18.9 Å². The third-order valence-electron chi connectivity index (χ3n) is 4.56. The summed E-state index contributed by atoms with van der Waals surface area (Å²) in [7, 11) is 1.52. The lowest BCUT2D eigenvalue weighted by Gasteiger charge is -2.32. The molecule has 0 atom stereocenters. The zero-order chi connectivity index (χ0) is 17.9. The van der Waals surface area contributed by atoms with Gasteiger partial charge in [0.25, 0.3) is 0 Å². The lowest BCUT2D eigenvalue weighted by Crippen LogP contribution is -2.45.